The molecule has 142 valence electrons. The minimum atomic E-state index is -0.750. The average Bonchev–Trinajstić information content (AvgIpc) is 2.70. The molecule has 3 rings (SSSR count). The van der Waals surface area contributed by atoms with Crippen LogP contribution in [0.5, 0.6) is 0 Å². The predicted molar refractivity (Wildman–Crippen MR) is 104 cm³/mol. The first-order valence-electron chi connectivity index (χ1n) is 8.24. The molecular formula is C19H17N5O4. The zero-order chi connectivity index (χ0) is 20.3. The number of carbonyl (C=O) groups is 2. The minimum Gasteiger partial charge on any atom is -0.312 e. The van der Waals surface area contributed by atoms with Gasteiger partial charge in [0.2, 0.25) is 6.41 Å². The summed E-state index contributed by atoms with van der Waals surface area (Å²) >= 11 is 0. The quantitative estimate of drug-likeness (QED) is 0.226. The highest BCUT2D eigenvalue weighted by molar-refractivity contribution is 6.06. The van der Waals surface area contributed by atoms with Crippen LogP contribution in [0.1, 0.15) is 15.9 Å². The molecule has 0 aliphatic heterocycles. The van der Waals surface area contributed by atoms with E-state index in [4.69, 9.17) is 5.84 Å². The summed E-state index contributed by atoms with van der Waals surface area (Å²) in [5.41, 5.74) is 3.00. The first-order valence-corrected chi connectivity index (χ1v) is 8.24. The van der Waals surface area contributed by atoms with Gasteiger partial charge in [0.15, 0.2) is 0 Å². The fourth-order valence-electron chi connectivity index (χ4n) is 2.97. The van der Waals surface area contributed by atoms with E-state index in [1.165, 1.54) is 0 Å². The fourth-order valence-corrected chi connectivity index (χ4v) is 2.97. The Hall–Kier alpha value is -3.98. The molecule has 5 N–H and O–H groups in total. The van der Waals surface area contributed by atoms with Crippen LogP contribution in [0.15, 0.2) is 58.3 Å². The second-order valence-electron chi connectivity index (χ2n) is 5.92. The number of carbonyl (C=O) groups excluding carboxylic acids is 2. The molecule has 28 heavy (non-hydrogen) atoms. The lowest BCUT2D eigenvalue weighted by Crippen LogP contribution is -2.32. The maximum absolute atomic E-state index is 12.4. The van der Waals surface area contributed by atoms with Crippen LogP contribution in [-0.4, -0.2) is 22.3 Å². The van der Waals surface area contributed by atoms with E-state index in [9.17, 15) is 19.2 Å². The van der Waals surface area contributed by atoms with Crippen LogP contribution in [0, 0.1) is 6.92 Å². The smallest absolute Gasteiger partial charge is 0.312 e. The standard InChI is InChI=1S/C19H17N5O4/c1-11-5-2-3-6-12(11)16-13(17(26)23-20)7-4-8-14(16)24(10-25)15-9-21-19(28)22-18(15)27/h2-10H,20H2,1H3,(H,23,26)(H2,21,22,27,28). The molecule has 0 saturated carbocycles. The number of hydrogen-bond acceptors (Lipinski definition) is 5. The molecule has 0 saturated heterocycles. The molecule has 0 aliphatic carbocycles. The summed E-state index contributed by atoms with van der Waals surface area (Å²) in [5.74, 6) is 4.77. The number of rotatable bonds is 5. The van der Waals surface area contributed by atoms with Gasteiger partial charge in [0.1, 0.15) is 5.69 Å². The van der Waals surface area contributed by atoms with Gasteiger partial charge in [0.05, 0.1) is 11.3 Å². The Balaban J connectivity index is 2.35. The summed E-state index contributed by atoms with van der Waals surface area (Å²) in [4.78, 5) is 53.3. The van der Waals surface area contributed by atoms with Crippen molar-refractivity contribution in [1.82, 2.24) is 15.4 Å². The molecule has 0 unspecified atom stereocenters. The molecule has 2 aromatic carbocycles. The van der Waals surface area contributed by atoms with Gasteiger partial charge < -0.3 is 4.98 Å². The zero-order valence-electron chi connectivity index (χ0n) is 14.9. The van der Waals surface area contributed by atoms with E-state index >= 15 is 0 Å². The fraction of sp³-hybridized carbons (Fsp3) is 0.0526. The maximum Gasteiger partial charge on any atom is 0.325 e. The van der Waals surface area contributed by atoms with Crippen LogP contribution in [-0.2, 0) is 4.79 Å². The predicted octanol–water partition coefficient (Wildman–Crippen LogP) is 0.937. The van der Waals surface area contributed by atoms with Gasteiger partial charge in [-0.3, -0.25) is 29.7 Å². The normalized spacial score (nSPS) is 10.4. The number of aromatic nitrogens is 2. The molecule has 3 aromatic rings. The lowest BCUT2D eigenvalue weighted by atomic mass is 9.93. The highest BCUT2D eigenvalue weighted by atomic mass is 16.2. The first-order chi connectivity index (χ1) is 13.5. The van der Waals surface area contributed by atoms with Gasteiger partial charge in [-0.15, -0.1) is 0 Å². The molecule has 9 heteroatoms. The van der Waals surface area contributed by atoms with Crippen molar-refractivity contribution < 1.29 is 9.59 Å². The van der Waals surface area contributed by atoms with E-state index in [1.807, 2.05) is 19.1 Å². The molecule has 0 fully saturated rings. The highest BCUT2D eigenvalue weighted by Crippen LogP contribution is 2.37. The molecule has 0 aliphatic rings. The van der Waals surface area contributed by atoms with Crippen LogP contribution in [0.4, 0.5) is 11.4 Å². The third-order valence-corrected chi connectivity index (χ3v) is 4.26. The Morgan fingerprint density at radius 3 is 2.50 bits per heavy atom. The van der Waals surface area contributed by atoms with Crippen molar-refractivity contribution in [2.24, 2.45) is 5.84 Å². The number of anilines is 2. The van der Waals surface area contributed by atoms with Crippen molar-refractivity contribution >= 4 is 23.7 Å². The van der Waals surface area contributed by atoms with Gasteiger partial charge in [0.25, 0.3) is 11.5 Å². The number of aromatic amines is 2. The summed E-state index contributed by atoms with van der Waals surface area (Å²) in [6.45, 7) is 1.86. The number of benzene rings is 2. The summed E-state index contributed by atoms with van der Waals surface area (Å²) in [6, 6.07) is 12.0. The highest BCUT2D eigenvalue weighted by Gasteiger charge is 2.23. The number of amides is 2. The number of hydrazine groups is 1. The number of aryl methyl sites for hydroxylation is 1. The lowest BCUT2D eigenvalue weighted by Gasteiger charge is -2.22. The summed E-state index contributed by atoms with van der Waals surface area (Å²) in [6.07, 6.45) is 1.57. The Morgan fingerprint density at radius 2 is 1.86 bits per heavy atom. The Labute approximate surface area is 158 Å². The number of nitrogens with one attached hydrogen (secondary N) is 3. The number of H-pyrrole nitrogens is 2. The molecule has 0 radical (unpaired) electrons. The molecule has 0 bridgehead atoms. The van der Waals surface area contributed by atoms with Crippen molar-refractivity contribution in [1.29, 1.82) is 0 Å². The zero-order valence-corrected chi connectivity index (χ0v) is 14.9. The molecular weight excluding hydrogens is 362 g/mol. The summed E-state index contributed by atoms with van der Waals surface area (Å²) in [5, 5.41) is 0. The molecule has 9 nitrogen and oxygen atoms in total. The molecule has 1 heterocycles. The monoisotopic (exact) mass is 379 g/mol. The second-order valence-corrected chi connectivity index (χ2v) is 5.92. The van der Waals surface area contributed by atoms with Crippen molar-refractivity contribution in [2.75, 3.05) is 4.90 Å². The van der Waals surface area contributed by atoms with Gasteiger partial charge in [-0.05, 0) is 30.2 Å². The maximum atomic E-state index is 12.4. The third kappa shape index (κ3) is 3.33. The summed E-state index contributed by atoms with van der Waals surface area (Å²) < 4.78 is 0. The van der Waals surface area contributed by atoms with Crippen LogP contribution < -0.4 is 27.4 Å². The van der Waals surface area contributed by atoms with Gasteiger partial charge >= 0.3 is 5.69 Å². The minimum absolute atomic E-state index is 0.102. The van der Waals surface area contributed by atoms with Gasteiger partial charge in [0, 0.05) is 11.8 Å². The van der Waals surface area contributed by atoms with E-state index < -0.39 is 17.2 Å². The second kappa shape index (κ2) is 7.72. The van der Waals surface area contributed by atoms with E-state index in [2.05, 4.69) is 15.4 Å². The van der Waals surface area contributed by atoms with E-state index in [0.29, 0.717) is 17.5 Å². The van der Waals surface area contributed by atoms with Crippen LogP contribution in [0.25, 0.3) is 11.1 Å². The Bertz CT molecular complexity index is 1170. The van der Waals surface area contributed by atoms with Gasteiger partial charge in [-0.1, -0.05) is 30.3 Å². The van der Waals surface area contributed by atoms with Gasteiger partial charge in [-0.2, -0.15) is 0 Å². The molecule has 0 spiro atoms. The van der Waals surface area contributed by atoms with Crippen LogP contribution in [0.3, 0.4) is 0 Å². The van der Waals surface area contributed by atoms with E-state index in [-0.39, 0.29) is 16.9 Å². The Morgan fingerprint density at radius 1 is 1.11 bits per heavy atom. The van der Waals surface area contributed by atoms with Crippen molar-refractivity contribution in [3.63, 3.8) is 0 Å². The van der Waals surface area contributed by atoms with Crippen LogP contribution in [0.2, 0.25) is 0 Å². The number of nitrogens with two attached hydrogens (primary N) is 1. The molecule has 1 aromatic heterocycles. The molecule has 0 atom stereocenters. The van der Waals surface area contributed by atoms with E-state index in [0.717, 1.165) is 16.7 Å². The SMILES string of the molecule is Cc1ccccc1-c1c(C(=O)NN)cccc1N(C=O)c1c[nH]c(=O)[nH]c1=O. The number of hydrogen-bond donors (Lipinski definition) is 4. The van der Waals surface area contributed by atoms with Gasteiger partial charge in [-0.25, -0.2) is 10.6 Å². The molecule has 2 amide bonds. The average molecular weight is 379 g/mol. The topological polar surface area (TPSA) is 141 Å². The van der Waals surface area contributed by atoms with Crippen molar-refractivity contribution in [2.45, 2.75) is 6.92 Å². The third-order valence-electron chi connectivity index (χ3n) is 4.26. The van der Waals surface area contributed by atoms with Crippen molar-refractivity contribution in [3.05, 3.63) is 80.6 Å². The van der Waals surface area contributed by atoms with Crippen molar-refractivity contribution in [3.8, 4) is 11.1 Å². The number of nitrogen functional groups attached to an aromatic ring is 1. The largest absolute Gasteiger partial charge is 0.325 e. The lowest BCUT2D eigenvalue weighted by molar-refractivity contribution is -0.106. The van der Waals surface area contributed by atoms with E-state index in [1.54, 1.807) is 30.3 Å². The first kappa shape index (κ1) is 18.8. The number of nitrogens with zero attached hydrogens (tertiary/aromatic N) is 1. The summed E-state index contributed by atoms with van der Waals surface area (Å²) in [7, 11) is 0. The van der Waals surface area contributed by atoms with Crippen LogP contribution >= 0.6 is 0 Å². The Kier molecular flexibility index (Phi) is 5.18.